The molecule has 0 aliphatic carbocycles. The molecule has 0 bridgehead atoms. The highest BCUT2D eigenvalue weighted by atomic mass is 16.5. The molecule has 0 radical (unpaired) electrons. The van der Waals surface area contributed by atoms with Gasteiger partial charge in [0.05, 0.1) is 6.61 Å². The van der Waals surface area contributed by atoms with Crippen molar-refractivity contribution in [2.24, 2.45) is 11.3 Å². The summed E-state index contributed by atoms with van der Waals surface area (Å²) in [4.78, 5) is 5.39. The molecule has 1 unspecified atom stereocenters. The van der Waals surface area contributed by atoms with Crippen molar-refractivity contribution >= 4 is 0 Å². The Morgan fingerprint density at radius 3 is 2.48 bits per heavy atom. The Bertz CT molecular complexity index is 303. The molecule has 0 spiro atoms. The van der Waals surface area contributed by atoms with Crippen molar-refractivity contribution < 1.29 is 4.74 Å². The van der Waals surface area contributed by atoms with E-state index in [1.54, 1.807) is 0 Å². The van der Waals surface area contributed by atoms with Gasteiger partial charge in [0.25, 0.3) is 0 Å². The van der Waals surface area contributed by atoms with Crippen LogP contribution in [0.15, 0.2) is 0 Å². The molecule has 3 heterocycles. The molecule has 21 heavy (non-hydrogen) atoms. The molecule has 1 atom stereocenters. The summed E-state index contributed by atoms with van der Waals surface area (Å²) < 4.78 is 5.69. The van der Waals surface area contributed by atoms with Crippen molar-refractivity contribution in [3.05, 3.63) is 0 Å². The second-order valence-electron chi connectivity index (χ2n) is 7.56. The Balaban J connectivity index is 1.42. The molecule has 4 nitrogen and oxygen atoms in total. The smallest absolute Gasteiger partial charge is 0.0547 e. The largest absolute Gasteiger partial charge is 0.381 e. The molecular weight excluding hydrogens is 262 g/mol. The maximum atomic E-state index is 5.69. The Hall–Kier alpha value is -0.160. The normalized spacial score (nSPS) is 33.0. The highest BCUT2D eigenvalue weighted by Gasteiger charge is 2.37. The first-order valence-electron chi connectivity index (χ1n) is 8.97. The van der Waals surface area contributed by atoms with Crippen molar-refractivity contribution in [2.45, 2.75) is 32.1 Å². The van der Waals surface area contributed by atoms with E-state index in [-0.39, 0.29) is 0 Å². The van der Waals surface area contributed by atoms with E-state index < -0.39 is 0 Å². The Morgan fingerprint density at radius 1 is 1.10 bits per heavy atom. The lowest BCUT2D eigenvalue weighted by atomic mass is 9.85. The van der Waals surface area contributed by atoms with Gasteiger partial charge in [-0.3, -0.25) is 0 Å². The first-order chi connectivity index (χ1) is 10.3. The zero-order valence-corrected chi connectivity index (χ0v) is 13.8. The van der Waals surface area contributed by atoms with Crippen molar-refractivity contribution in [2.75, 3.05) is 66.1 Å². The maximum Gasteiger partial charge on any atom is 0.0547 e. The molecule has 0 saturated carbocycles. The van der Waals surface area contributed by atoms with E-state index in [4.69, 9.17) is 4.74 Å². The van der Waals surface area contributed by atoms with E-state index in [1.807, 2.05) is 0 Å². The van der Waals surface area contributed by atoms with Crippen molar-refractivity contribution in [1.82, 2.24) is 15.1 Å². The van der Waals surface area contributed by atoms with E-state index in [2.05, 4.69) is 22.2 Å². The van der Waals surface area contributed by atoms with Gasteiger partial charge < -0.3 is 19.9 Å². The second-order valence-corrected chi connectivity index (χ2v) is 7.56. The minimum atomic E-state index is 0.372. The van der Waals surface area contributed by atoms with Crippen LogP contribution in [-0.4, -0.2) is 75.9 Å². The van der Waals surface area contributed by atoms with Gasteiger partial charge in [0.15, 0.2) is 0 Å². The second kappa shape index (κ2) is 7.40. The quantitative estimate of drug-likeness (QED) is 0.802. The third-order valence-electron chi connectivity index (χ3n) is 5.72. The highest BCUT2D eigenvalue weighted by molar-refractivity contribution is 4.89. The number of ether oxygens (including phenoxy) is 1. The first-order valence-corrected chi connectivity index (χ1v) is 8.97. The molecule has 3 fully saturated rings. The van der Waals surface area contributed by atoms with Gasteiger partial charge in [0.1, 0.15) is 0 Å². The van der Waals surface area contributed by atoms with Crippen molar-refractivity contribution in [1.29, 1.82) is 0 Å². The molecule has 0 aromatic rings. The van der Waals surface area contributed by atoms with Gasteiger partial charge in [-0.15, -0.1) is 0 Å². The zero-order chi connectivity index (χ0) is 14.5. The van der Waals surface area contributed by atoms with Gasteiger partial charge in [-0.25, -0.2) is 0 Å². The summed E-state index contributed by atoms with van der Waals surface area (Å²) in [6.07, 6.45) is 6.86. The van der Waals surface area contributed by atoms with E-state index in [0.29, 0.717) is 5.41 Å². The van der Waals surface area contributed by atoms with Gasteiger partial charge in [-0.2, -0.15) is 0 Å². The lowest BCUT2D eigenvalue weighted by Crippen LogP contribution is -2.47. The number of rotatable bonds is 6. The van der Waals surface area contributed by atoms with Crippen LogP contribution in [0.2, 0.25) is 0 Å². The van der Waals surface area contributed by atoms with Gasteiger partial charge >= 0.3 is 0 Å². The molecule has 0 aromatic heterocycles. The fourth-order valence-corrected chi connectivity index (χ4v) is 4.48. The third-order valence-corrected chi connectivity index (χ3v) is 5.72. The van der Waals surface area contributed by atoms with Gasteiger partial charge in [0.2, 0.25) is 0 Å². The molecule has 3 aliphatic rings. The van der Waals surface area contributed by atoms with Crippen LogP contribution in [0, 0.1) is 11.3 Å². The van der Waals surface area contributed by atoms with Crippen LogP contribution in [0.1, 0.15) is 32.1 Å². The molecule has 3 saturated heterocycles. The first kappa shape index (κ1) is 15.7. The minimum Gasteiger partial charge on any atom is -0.381 e. The van der Waals surface area contributed by atoms with Gasteiger partial charge in [-0.05, 0) is 71.2 Å². The van der Waals surface area contributed by atoms with Crippen LogP contribution in [0.5, 0.6) is 0 Å². The Kier molecular flexibility index (Phi) is 5.54. The lowest BCUT2D eigenvalue weighted by molar-refractivity contribution is 0.0823. The van der Waals surface area contributed by atoms with Crippen LogP contribution in [-0.2, 0) is 4.74 Å². The monoisotopic (exact) mass is 295 g/mol. The van der Waals surface area contributed by atoms with Crippen molar-refractivity contribution in [3.8, 4) is 0 Å². The van der Waals surface area contributed by atoms with Crippen molar-refractivity contribution in [3.63, 3.8) is 0 Å². The van der Waals surface area contributed by atoms with Crippen LogP contribution < -0.4 is 5.32 Å². The minimum absolute atomic E-state index is 0.372. The SMILES string of the molecule is CNCC1(CN2CCC(CN3CCCC3)CC2)CCOC1. The number of nitrogens with one attached hydrogen (secondary N) is 1. The average molecular weight is 295 g/mol. The number of likely N-dealkylation sites (tertiary alicyclic amines) is 2. The average Bonchev–Trinajstić information content (AvgIpc) is 3.14. The molecule has 1 N–H and O–H groups in total. The summed E-state index contributed by atoms with van der Waals surface area (Å²) in [5, 5.41) is 3.38. The lowest BCUT2D eigenvalue weighted by Gasteiger charge is -2.39. The van der Waals surface area contributed by atoms with E-state index in [9.17, 15) is 0 Å². The van der Waals surface area contributed by atoms with Crippen LogP contribution in [0.25, 0.3) is 0 Å². The zero-order valence-electron chi connectivity index (χ0n) is 13.8. The summed E-state index contributed by atoms with van der Waals surface area (Å²) in [6, 6.07) is 0. The molecule has 0 amide bonds. The molecule has 0 aromatic carbocycles. The summed E-state index contributed by atoms with van der Waals surface area (Å²) in [5.41, 5.74) is 0.372. The number of nitrogens with zero attached hydrogens (tertiary/aromatic N) is 2. The van der Waals surface area contributed by atoms with Gasteiger partial charge in [-0.1, -0.05) is 0 Å². The number of piperidine rings is 1. The number of hydrogen-bond acceptors (Lipinski definition) is 4. The van der Waals surface area contributed by atoms with E-state index in [0.717, 1.165) is 25.7 Å². The molecule has 122 valence electrons. The molecule has 3 aliphatic heterocycles. The Morgan fingerprint density at radius 2 is 1.86 bits per heavy atom. The van der Waals surface area contributed by atoms with Crippen LogP contribution in [0.4, 0.5) is 0 Å². The standard InChI is InChI=1S/C17H33N3O/c1-18-13-17(6-11-21-15-17)14-20-9-4-16(5-10-20)12-19-7-2-3-8-19/h16,18H,2-15H2,1H3. The number of hydrogen-bond donors (Lipinski definition) is 1. The third kappa shape index (κ3) is 4.19. The topological polar surface area (TPSA) is 27.7 Å². The molecule has 4 heteroatoms. The summed E-state index contributed by atoms with van der Waals surface area (Å²) in [6.45, 7) is 10.9. The molecular formula is C17H33N3O. The fraction of sp³-hybridized carbons (Fsp3) is 1.00. The van der Waals surface area contributed by atoms with Crippen LogP contribution in [0.3, 0.4) is 0 Å². The van der Waals surface area contributed by atoms with Crippen LogP contribution >= 0.6 is 0 Å². The summed E-state index contributed by atoms with van der Waals surface area (Å²) in [5.74, 6) is 0.944. The van der Waals surface area contributed by atoms with Gasteiger partial charge in [0, 0.05) is 31.7 Å². The molecule has 3 rings (SSSR count). The summed E-state index contributed by atoms with van der Waals surface area (Å²) >= 11 is 0. The van der Waals surface area contributed by atoms with E-state index >= 15 is 0 Å². The highest BCUT2D eigenvalue weighted by Crippen LogP contribution is 2.31. The predicted molar refractivity (Wildman–Crippen MR) is 86.6 cm³/mol. The predicted octanol–water partition coefficient (Wildman–Crippen LogP) is 1.42. The summed E-state index contributed by atoms with van der Waals surface area (Å²) in [7, 11) is 2.07. The Labute approximate surface area is 130 Å². The maximum absolute atomic E-state index is 5.69. The fourth-order valence-electron chi connectivity index (χ4n) is 4.48. The van der Waals surface area contributed by atoms with E-state index in [1.165, 1.54) is 71.4 Å².